The van der Waals surface area contributed by atoms with Crippen LogP contribution in [-0.4, -0.2) is 43.0 Å². The van der Waals surface area contributed by atoms with E-state index < -0.39 is 0 Å². The first kappa shape index (κ1) is 17.5. The van der Waals surface area contributed by atoms with Crippen LogP contribution in [0.25, 0.3) is 11.3 Å². The fourth-order valence-electron chi connectivity index (χ4n) is 3.45. The van der Waals surface area contributed by atoms with Gasteiger partial charge in [0.15, 0.2) is 0 Å². The van der Waals surface area contributed by atoms with Crippen LogP contribution in [0.1, 0.15) is 5.56 Å². The number of benzene rings is 1. The lowest BCUT2D eigenvalue weighted by atomic mass is 9.97. The van der Waals surface area contributed by atoms with Crippen molar-refractivity contribution in [1.82, 2.24) is 4.57 Å². The quantitative estimate of drug-likeness (QED) is 0.620. The lowest BCUT2D eigenvalue weighted by Gasteiger charge is -2.25. The van der Waals surface area contributed by atoms with Crippen LogP contribution in [0.5, 0.6) is 5.75 Å². The molecule has 1 aromatic carbocycles. The van der Waals surface area contributed by atoms with E-state index >= 15 is 0 Å². The van der Waals surface area contributed by atoms with Gasteiger partial charge in [-0.1, -0.05) is 6.07 Å². The van der Waals surface area contributed by atoms with Crippen molar-refractivity contribution in [3.8, 4) is 17.0 Å². The molecule has 2 aliphatic rings. The third-order valence-electron chi connectivity index (χ3n) is 4.74. The Bertz CT molecular complexity index is 846. The van der Waals surface area contributed by atoms with E-state index in [2.05, 4.69) is 24.0 Å². The molecule has 0 spiro atoms. The fourth-order valence-corrected chi connectivity index (χ4v) is 3.60. The molecule has 1 N–H and O–H groups in total. The van der Waals surface area contributed by atoms with Crippen molar-refractivity contribution < 1.29 is 14.2 Å². The van der Waals surface area contributed by atoms with Crippen molar-refractivity contribution in [2.24, 2.45) is 0 Å². The van der Waals surface area contributed by atoms with Crippen molar-refractivity contribution in [1.29, 1.82) is 0 Å². The van der Waals surface area contributed by atoms with Crippen molar-refractivity contribution in [2.45, 2.75) is 19.1 Å². The highest BCUT2D eigenvalue weighted by Gasteiger charge is 2.19. The second-order valence-corrected chi connectivity index (χ2v) is 6.67. The van der Waals surface area contributed by atoms with E-state index in [0.29, 0.717) is 38.8 Å². The second-order valence-electron chi connectivity index (χ2n) is 6.41. The predicted octanol–water partition coefficient (Wildman–Crippen LogP) is 2.16. The summed E-state index contributed by atoms with van der Waals surface area (Å²) in [5.74, 6) is 1.07. The van der Waals surface area contributed by atoms with Crippen molar-refractivity contribution >= 4 is 18.3 Å². The van der Waals surface area contributed by atoms with Crippen LogP contribution in [0.15, 0.2) is 35.1 Å². The average Bonchev–Trinajstić information content (AvgIpc) is 2.67. The fraction of sp³-hybridized carbons (Fsp3) is 0.421. The highest BCUT2D eigenvalue weighted by atomic mass is 32.1. The van der Waals surface area contributed by atoms with Gasteiger partial charge in [-0.25, -0.2) is 0 Å². The molecule has 2 aliphatic heterocycles. The molecule has 0 saturated carbocycles. The van der Waals surface area contributed by atoms with Gasteiger partial charge in [0.1, 0.15) is 11.7 Å². The summed E-state index contributed by atoms with van der Waals surface area (Å²) in [5, 5.41) is 3.31. The largest absolute Gasteiger partial charge is 0.483 e. The van der Waals surface area contributed by atoms with Crippen LogP contribution in [0, 0.1) is 0 Å². The molecule has 1 saturated heterocycles. The van der Waals surface area contributed by atoms with E-state index in [9.17, 15) is 4.79 Å². The highest BCUT2D eigenvalue weighted by Crippen LogP contribution is 2.32. The predicted molar refractivity (Wildman–Crippen MR) is 103 cm³/mol. The van der Waals surface area contributed by atoms with E-state index in [1.165, 1.54) is 5.56 Å². The Labute approximate surface area is 157 Å². The lowest BCUT2D eigenvalue weighted by molar-refractivity contribution is -0.0818. The van der Waals surface area contributed by atoms with Crippen LogP contribution in [-0.2, 0) is 22.4 Å². The number of aryl methyl sites for hydroxylation is 1. The number of anilines is 1. The maximum atomic E-state index is 12.6. The summed E-state index contributed by atoms with van der Waals surface area (Å²) in [5.41, 5.74) is 3.96. The van der Waals surface area contributed by atoms with Crippen LogP contribution in [0.3, 0.4) is 0 Å². The summed E-state index contributed by atoms with van der Waals surface area (Å²) >= 11 is 4.11. The zero-order chi connectivity index (χ0) is 17.9. The van der Waals surface area contributed by atoms with E-state index in [4.69, 9.17) is 14.2 Å². The number of thiol groups is 1. The Morgan fingerprint density at radius 3 is 3.00 bits per heavy atom. The van der Waals surface area contributed by atoms with Gasteiger partial charge < -0.3 is 24.1 Å². The van der Waals surface area contributed by atoms with E-state index in [1.54, 1.807) is 6.07 Å². The molecule has 1 atom stereocenters. The summed E-state index contributed by atoms with van der Waals surface area (Å²) in [6, 6.07) is 9.67. The molecular weight excluding hydrogens is 352 g/mol. The van der Waals surface area contributed by atoms with Gasteiger partial charge in [-0.15, -0.1) is 12.6 Å². The van der Waals surface area contributed by atoms with Gasteiger partial charge in [-0.05, 0) is 30.2 Å². The first-order chi connectivity index (χ1) is 12.7. The number of fused-ring (bicyclic) bond motifs is 3. The number of rotatable bonds is 5. The number of nitrogens with zero attached hydrogens (tertiary/aromatic N) is 1. The monoisotopic (exact) mass is 374 g/mol. The molecule has 0 radical (unpaired) electrons. The van der Waals surface area contributed by atoms with Gasteiger partial charge in [0, 0.05) is 30.4 Å². The summed E-state index contributed by atoms with van der Waals surface area (Å²) in [4.78, 5) is 12.6. The van der Waals surface area contributed by atoms with Gasteiger partial charge in [0.05, 0.1) is 31.6 Å². The average molecular weight is 374 g/mol. The highest BCUT2D eigenvalue weighted by molar-refractivity contribution is 7.80. The lowest BCUT2D eigenvalue weighted by Crippen LogP contribution is -2.34. The summed E-state index contributed by atoms with van der Waals surface area (Å²) < 4.78 is 18.4. The van der Waals surface area contributed by atoms with Gasteiger partial charge in [-0.2, -0.15) is 0 Å². The van der Waals surface area contributed by atoms with Crippen LogP contribution < -0.4 is 15.6 Å². The molecule has 7 heteroatoms. The molecular formula is C19H22N2O4S. The Morgan fingerprint density at radius 1 is 1.27 bits per heavy atom. The minimum atomic E-state index is -0.00280. The van der Waals surface area contributed by atoms with Gasteiger partial charge in [-0.3, -0.25) is 4.79 Å². The van der Waals surface area contributed by atoms with Crippen molar-refractivity contribution in [3.63, 3.8) is 0 Å². The molecule has 1 fully saturated rings. The molecule has 1 aromatic heterocycles. The van der Waals surface area contributed by atoms with E-state index in [-0.39, 0.29) is 11.7 Å². The Kier molecular flexibility index (Phi) is 5.19. The molecule has 0 aliphatic carbocycles. The Hall–Kier alpha value is -1.96. The minimum Gasteiger partial charge on any atom is -0.483 e. The molecule has 2 aromatic rings. The molecule has 26 heavy (non-hydrogen) atoms. The number of aromatic nitrogens is 1. The standard InChI is InChI=1S/C19H22N2O4S/c22-19-8-14(20-10-16-11-23-5-6-24-16)7-18-17-9-15(25-12-26)2-1-13(17)3-4-21(18)19/h1-2,7-9,16,20,26H,3-6,10-12H2/t16-/m0/s1. The third-order valence-corrected chi connectivity index (χ3v) is 4.87. The normalized spacial score (nSPS) is 18.7. The van der Waals surface area contributed by atoms with Crippen molar-refractivity contribution in [2.75, 3.05) is 37.6 Å². The van der Waals surface area contributed by atoms with E-state index in [1.807, 2.05) is 22.8 Å². The Balaban J connectivity index is 1.62. The SMILES string of the molecule is O=c1cc(NC[C@H]2COCCO2)cc2n1CCc1ccc(OCS)cc1-2. The van der Waals surface area contributed by atoms with Crippen LogP contribution in [0.4, 0.5) is 5.69 Å². The maximum Gasteiger partial charge on any atom is 0.253 e. The first-order valence-electron chi connectivity index (χ1n) is 8.79. The van der Waals surface area contributed by atoms with Gasteiger partial charge in [0.2, 0.25) is 0 Å². The number of nitrogens with one attached hydrogen (secondary N) is 1. The first-order valence-corrected chi connectivity index (χ1v) is 9.43. The Morgan fingerprint density at radius 2 is 2.19 bits per heavy atom. The molecule has 0 amide bonds. The molecule has 138 valence electrons. The summed E-state index contributed by atoms with van der Waals surface area (Å²) in [6.45, 7) is 3.13. The maximum absolute atomic E-state index is 12.6. The molecule has 4 rings (SSSR count). The summed E-state index contributed by atoms with van der Waals surface area (Å²) in [7, 11) is 0. The molecule has 0 bridgehead atoms. The minimum absolute atomic E-state index is 0.00280. The molecule has 0 unspecified atom stereocenters. The zero-order valence-electron chi connectivity index (χ0n) is 14.4. The van der Waals surface area contributed by atoms with Crippen LogP contribution in [0.2, 0.25) is 0 Å². The topological polar surface area (TPSA) is 61.7 Å². The second kappa shape index (κ2) is 7.73. The number of ether oxygens (including phenoxy) is 3. The van der Waals surface area contributed by atoms with Gasteiger partial charge >= 0.3 is 0 Å². The number of hydrogen-bond acceptors (Lipinski definition) is 6. The zero-order valence-corrected chi connectivity index (χ0v) is 15.3. The van der Waals surface area contributed by atoms with Gasteiger partial charge in [0.25, 0.3) is 5.56 Å². The smallest absolute Gasteiger partial charge is 0.253 e. The summed E-state index contributed by atoms with van der Waals surface area (Å²) in [6.07, 6.45) is 0.842. The van der Waals surface area contributed by atoms with Crippen molar-refractivity contribution in [3.05, 3.63) is 46.2 Å². The molecule has 6 nitrogen and oxygen atoms in total. The van der Waals surface area contributed by atoms with Crippen LogP contribution >= 0.6 is 12.6 Å². The number of hydrogen-bond donors (Lipinski definition) is 2. The number of pyridine rings is 1. The van der Waals surface area contributed by atoms with E-state index in [0.717, 1.165) is 29.1 Å². The third kappa shape index (κ3) is 3.60. The molecule has 3 heterocycles.